The fraction of sp³-hybridized carbons (Fsp3) is 0.706. The van der Waals surface area contributed by atoms with Crippen LogP contribution in [0, 0.1) is 0 Å². The quantitative estimate of drug-likeness (QED) is 0.283. The zero-order valence-electron chi connectivity index (χ0n) is 15.8. The van der Waals surface area contributed by atoms with E-state index >= 15 is 0 Å². The number of hydrogen-bond acceptors (Lipinski definition) is 7. The van der Waals surface area contributed by atoms with Crippen LogP contribution in [0.5, 0.6) is 0 Å². The summed E-state index contributed by atoms with van der Waals surface area (Å²) in [6.45, 7) is 0.496. The number of nitrogens with two attached hydrogens (primary N) is 1. The molecule has 29 heavy (non-hydrogen) atoms. The molecule has 0 aromatic heterocycles. The summed E-state index contributed by atoms with van der Waals surface area (Å²) >= 11 is 3.99. The Morgan fingerprint density at radius 1 is 1.00 bits per heavy atom. The van der Waals surface area contributed by atoms with Crippen molar-refractivity contribution in [3.8, 4) is 0 Å². The Balaban J connectivity index is 2.13. The second kappa shape index (κ2) is 9.92. The third-order valence-electron chi connectivity index (χ3n) is 5.17. The molecular formula is C17H26N4O7S. The third-order valence-corrected chi connectivity index (χ3v) is 5.56. The first-order valence-electron chi connectivity index (χ1n) is 9.39. The van der Waals surface area contributed by atoms with Crippen molar-refractivity contribution in [2.75, 3.05) is 18.8 Å². The highest BCUT2D eigenvalue weighted by molar-refractivity contribution is 7.80. The van der Waals surface area contributed by atoms with Crippen molar-refractivity contribution >= 4 is 42.3 Å². The first-order chi connectivity index (χ1) is 13.7. The zero-order chi connectivity index (χ0) is 21.7. The smallest absolute Gasteiger partial charge is 0.326 e. The minimum absolute atomic E-state index is 0.106. The van der Waals surface area contributed by atoms with E-state index in [1.54, 1.807) is 0 Å². The number of rotatable bonds is 8. The number of thiol groups is 1. The lowest BCUT2D eigenvalue weighted by atomic mass is 10.1. The minimum Gasteiger partial charge on any atom is -0.481 e. The fourth-order valence-electron chi connectivity index (χ4n) is 3.72. The van der Waals surface area contributed by atoms with Crippen LogP contribution in [0.2, 0.25) is 0 Å². The lowest BCUT2D eigenvalue weighted by molar-refractivity contribution is -0.151. The number of carboxylic acids is 2. The Morgan fingerprint density at radius 2 is 1.55 bits per heavy atom. The van der Waals surface area contributed by atoms with Crippen molar-refractivity contribution < 1.29 is 34.2 Å². The van der Waals surface area contributed by atoms with Crippen molar-refractivity contribution in [1.82, 2.24) is 15.1 Å². The molecule has 4 unspecified atom stereocenters. The van der Waals surface area contributed by atoms with Gasteiger partial charge in [0.05, 0.1) is 12.5 Å². The van der Waals surface area contributed by atoms with Gasteiger partial charge in [-0.15, -0.1) is 0 Å². The van der Waals surface area contributed by atoms with Crippen molar-refractivity contribution in [2.45, 2.75) is 56.3 Å². The Kier molecular flexibility index (Phi) is 7.85. The summed E-state index contributed by atoms with van der Waals surface area (Å²) in [5.74, 6) is -4.24. The number of carbonyl (C=O) groups excluding carboxylic acids is 3. The van der Waals surface area contributed by atoms with Gasteiger partial charge in [-0.05, 0) is 25.7 Å². The van der Waals surface area contributed by atoms with Crippen molar-refractivity contribution in [2.24, 2.45) is 5.73 Å². The van der Waals surface area contributed by atoms with E-state index in [4.69, 9.17) is 10.8 Å². The minimum atomic E-state index is -1.42. The van der Waals surface area contributed by atoms with E-state index < -0.39 is 60.2 Å². The van der Waals surface area contributed by atoms with E-state index in [0.29, 0.717) is 25.8 Å². The molecule has 2 aliphatic heterocycles. The van der Waals surface area contributed by atoms with Gasteiger partial charge in [0.1, 0.15) is 18.1 Å². The van der Waals surface area contributed by atoms with Gasteiger partial charge in [0.25, 0.3) is 0 Å². The molecule has 2 saturated heterocycles. The van der Waals surface area contributed by atoms with Crippen LogP contribution in [0.3, 0.4) is 0 Å². The van der Waals surface area contributed by atoms with Gasteiger partial charge in [-0.1, -0.05) is 0 Å². The predicted molar refractivity (Wildman–Crippen MR) is 103 cm³/mol. The number of carboxylic acid groups (broad SMARTS) is 2. The fourth-order valence-corrected chi connectivity index (χ4v) is 3.88. The average molecular weight is 430 g/mol. The van der Waals surface area contributed by atoms with Gasteiger partial charge in [0.15, 0.2) is 0 Å². The summed E-state index contributed by atoms with van der Waals surface area (Å²) in [5, 5.41) is 20.8. The van der Waals surface area contributed by atoms with E-state index in [9.17, 15) is 29.1 Å². The van der Waals surface area contributed by atoms with Gasteiger partial charge in [-0.25, -0.2) is 4.79 Å². The van der Waals surface area contributed by atoms with Gasteiger partial charge >= 0.3 is 11.9 Å². The van der Waals surface area contributed by atoms with Crippen LogP contribution < -0.4 is 11.1 Å². The predicted octanol–water partition coefficient (Wildman–Crippen LogP) is -1.73. The topological polar surface area (TPSA) is 170 Å². The lowest BCUT2D eigenvalue weighted by Gasteiger charge is -2.30. The molecule has 0 bridgehead atoms. The summed E-state index contributed by atoms with van der Waals surface area (Å²) in [4.78, 5) is 62.9. The first kappa shape index (κ1) is 22.9. The molecule has 0 aliphatic carbocycles. The highest BCUT2D eigenvalue weighted by atomic mass is 32.1. The van der Waals surface area contributed by atoms with Gasteiger partial charge in [0, 0.05) is 18.8 Å². The maximum atomic E-state index is 12.8. The number of hydrogen-bond donors (Lipinski definition) is 5. The monoisotopic (exact) mass is 430 g/mol. The van der Waals surface area contributed by atoms with Crippen LogP contribution >= 0.6 is 12.6 Å². The van der Waals surface area contributed by atoms with Gasteiger partial charge in [-0.3, -0.25) is 19.2 Å². The van der Waals surface area contributed by atoms with Gasteiger partial charge in [0.2, 0.25) is 17.7 Å². The van der Waals surface area contributed by atoms with Crippen LogP contribution in [-0.4, -0.2) is 92.7 Å². The third kappa shape index (κ3) is 5.38. The molecule has 2 rings (SSSR count). The summed E-state index contributed by atoms with van der Waals surface area (Å²) in [6.07, 6.45) is 0.967. The molecule has 0 saturated carbocycles. The average Bonchev–Trinajstić information content (AvgIpc) is 3.34. The Morgan fingerprint density at radius 3 is 2.07 bits per heavy atom. The van der Waals surface area contributed by atoms with Crippen LogP contribution in [0.25, 0.3) is 0 Å². The van der Waals surface area contributed by atoms with Crippen LogP contribution in [-0.2, 0) is 24.0 Å². The molecule has 11 nitrogen and oxygen atoms in total. The Hall–Kier alpha value is -2.34. The van der Waals surface area contributed by atoms with E-state index in [1.807, 2.05) is 0 Å². The number of nitrogens with one attached hydrogen (secondary N) is 1. The second-order valence-electron chi connectivity index (χ2n) is 7.17. The molecule has 4 atom stereocenters. The molecule has 2 fully saturated rings. The molecule has 162 valence electrons. The molecule has 3 amide bonds. The van der Waals surface area contributed by atoms with Crippen molar-refractivity contribution in [3.63, 3.8) is 0 Å². The van der Waals surface area contributed by atoms with Crippen molar-refractivity contribution in [1.29, 1.82) is 0 Å². The van der Waals surface area contributed by atoms with Crippen LogP contribution in [0.15, 0.2) is 0 Å². The van der Waals surface area contributed by atoms with E-state index in [0.717, 1.165) is 4.90 Å². The SMILES string of the molecule is NC(CS)C(=O)N1CCCC1C(=O)NC(CC(=O)O)C(=O)N1CCCC1C(=O)O. The second-order valence-corrected chi connectivity index (χ2v) is 7.53. The molecule has 0 spiro atoms. The first-order valence-corrected chi connectivity index (χ1v) is 10.0. The number of amides is 3. The molecule has 0 aromatic rings. The summed E-state index contributed by atoms with van der Waals surface area (Å²) in [6, 6.07) is -4.21. The van der Waals surface area contributed by atoms with E-state index in [-0.39, 0.29) is 18.7 Å². The maximum absolute atomic E-state index is 12.8. The molecule has 5 N–H and O–H groups in total. The largest absolute Gasteiger partial charge is 0.481 e. The van der Waals surface area contributed by atoms with Crippen molar-refractivity contribution in [3.05, 3.63) is 0 Å². The lowest BCUT2D eigenvalue weighted by Crippen LogP contribution is -2.57. The van der Waals surface area contributed by atoms with Crippen LogP contribution in [0.4, 0.5) is 0 Å². The number of aliphatic carboxylic acids is 2. The Labute approximate surface area is 173 Å². The van der Waals surface area contributed by atoms with E-state index in [2.05, 4.69) is 17.9 Å². The standard InChI is InChI=1S/C17H26N4O7S/c18-9(8-29)15(25)20-5-1-3-11(20)14(24)19-10(7-13(22)23)16(26)21-6-2-4-12(21)17(27)28/h9-12,29H,1-8,18H2,(H,19,24)(H,22,23)(H,27,28). The molecule has 2 aliphatic rings. The van der Waals surface area contributed by atoms with Gasteiger partial charge < -0.3 is 31.1 Å². The van der Waals surface area contributed by atoms with Gasteiger partial charge in [-0.2, -0.15) is 12.6 Å². The molecule has 2 heterocycles. The molecule has 0 aromatic carbocycles. The number of carbonyl (C=O) groups is 5. The summed E-state index contributed by atoms with van der Waals surface area (Å²) < 4.78 is 0. The molecular weight excluding hydrogens is 404 g/mol. The van der Waals surface area contributed by atoms with E-state index in [1.165, 1.54) is 4.90 Å². The normalized spacial score (nSPS) is 23.5. The summed E-state index contributed by atoms with van der Waals surface area (Å²) in [7, 11) is 0. The van der Waals surface area contributed by atoms with Crippen LogP contribution in [0.1, 0.15) is 32.1 Å². The highest BCUT2D eigenvalue weighted by Gasteiger charge is 2.41. The molecule has 0 radical (unpaired) electrons. The Bertz CT molecular complexity index is 689. The molecule has 12 heteroatoms. The highest BCUT2D eigenvalue weighted by Crippen LogP contribution is 2.21. The summed E-state index contributed by atoms with van der Waals surface area (Å²) in [5.41, 5.74) is 5.71. The number of likely N-dealkylation sites (tertiary alicyclic amines) is 2. The zero-order valence-corrected chi connectivity index (χ0v) is 16.7. The maximum Gasteiger partial charge on any atom is 0.326 e. The number of nitrogens with zero attached hydrogens (tertiary/aromatic N) is 2.